The number of hydrogen-bond donors (Lipinski definition) is 1. The highest BCUT2D eigenvalue weighted by atomic mass is 16.5. The van der Waals surface area contributed by atoms with Crippen molar-refractivity contribution in [3.8, 4) is 5.75 Å². The van der Waals surface area contributed by atoms with Gasteiger partial charge in [0.25, 0.3) is 0 Å². The molecule has 0 bridgehead atoms. The minimum Gasteiger partial charge on any atom is -0.496 e. The summed E-state index contributed by atoms with van der Waals surface area (Å²) in [5.41, 5.74) is 2.35. The average molecular weight is 228 g/mol. The van der Waals surface area contributed by atoms with Gasteiger partial charge >= 0.3 is 0 Å². The van der Waals surface area contributed by atoms with Crippen LogP contribution in [0, 0.1) is 0 Å². The minimum absolute atomic E-state index is 0.834. The third-order valence-corrected chi connectivity index (χ3v) is 2.67. The number of nitrogens with one attached hydrogen (secondary N) is 1. The number of benzene rings is 1. The summed E-state index contributed by atoms with van der Waals surface area (Å²) in [6, 6.07) is 12.1. The van der Waals surface area contributed by atoms with Gasteiger partial charge in [0, 0.05) is 19.7 Å². The van der Waals surface area contributed by atoms with Crippen LogP contribution in [0.1, 0.15) is 11.1 Å². The summed E-state index contributed by atoms with van der Waals surface area (Å²) in [4.78, 5) is 4.30. The molecule has 0 saturated carbocycles. The molecule has 17 heavy (non-hydrogen) atoms. The van der Waals surface area contributed by atoms with Crippen LogP contribution in [-0.2, 0) is 6.42 Å². The lowest BCUT2D eigenvalue weighted by Crippen LogP contribution is -1.96. The van der Waals surface area contributed by atoms with Crippen LogP contribution in [0.25, 0.3) is 0 Å². The molecule has 1 N–H and O–H groups in total. The summed E-state index contributed by atoms with van der Waals surface area (Å²) >= 11 is 0. The number of aromatic nitrogens is 1. The van der Waals surface area contributed by atoms with E-state index in [-0.39, 0.29) is 0 Å². The minimum atomic E-state index is 0.834. The molecule has 0 spiro atoms. The smallest absolute Gasteiger partial charge is 0.125 e. The van der Waals surface area contributed by atoms with E-state index in [9.17, 15) is 0 Å². The Kier molecular flexibility index (Phi) is 3.60. The molecule has 3 nitrogen and oxygen atoms in total. The van der Waals surface area contributed by atoms with Crippen LogP contribution >= 0.6 is 0 Å². The van der Waals surface area contributed by atoms with Gasteiger partial charge in [0.2, 0.25) is 0 Å². The largest absolute Gasteiger partial charge is 0.496 e. The van der Waals surface area contributed by atoms with Gasteiger partial charge in [-0.3, -0.25) is 0 Å². The molecular formula is C14H16N2O. The zero-order chi connectivity index (χ0) is 12.1. The first-order valence-electron chi connectivity index (χ1n) is 5.58. The van der Waals surface area contributed by atoms with Crippen LogP contribution in [0.3, 0.4) is 0 Å². The third-order valence-electron chi connectivity index (χ3n) is 2.67. The van der Waals surface area contributed by atoms with E-state index < -0.39 is 0 Å². The maximum absolute atomic E-state index is 5.33. The van der Waals surface area contributed by atoms with E-state index >= 15 is 0 Å². The van der Waals surface area contributed by atoms with Gasteiger partial charge in [-0.05, 0) is 23.3 Å². The van der Waals surface area contributed by atoms with Crippen LogP contribution in [0.4, 0.5) is 5.82 Å². The van der Waals surface area contributed by atoms with Crippen molar-refractivity contribution in [2.45, 2.75) is 6.42 Å². The zero-order valence-electron chi connectivity index (χ0n) is 10.1. The standard InChI is InChI=1S/C14H16N2O/c1-15-14-8-7-11(10-16-14)9-12-5-3-4-6-13(12)17-2/h3-8,10H,9H2,1-2H3,(H,15,16). The highest BCUT2D eigenvalue weighted by Crippen LogP contribution is 2.20. The molecule has 0 radical (unpaired) electrons. The van der Waals surface area contributed by atoms with Crippen LogP contribution in [0.15, 0.2) is 42.6 Å². The topological polar surface area (TPSA) is 34.1 Å². The van der Waals surface area contributed by atoms with Gasteiger partial charge in [-0.2, -0.15) is 0 Å². The van der Waals surface area contributed by atoms with Gasteiger partial charge in [0.05, 0.1) is 7.11 Å². The summed E-state index contributed by atoms with van der Waals surface area (Å²) < 4.78 is 5.33. The molecule has 2 aromatic rings. The fourth-order valence-corrected chi connectivity index (χ4v) is 1.75. The SMILES string of the molecule is CNc1ccc(Cc2ccccc2OC)cn1. The molecule has 0 aliphatic heterocycles. The quantitative estimate of drug-likeness (QED) is 0.873. The highest BCUT2D eigenvalue weighted by Gasteiger charge is 2.03. The molecule has 3 heteroatoms. The molecule has 0 aliphatic carbocycles. The summed E-state index contributed by atoms with van der Waals surface area (Å²) in [5, 5.41) is 3.00. The van der Waals surface area contributed by atoms with Gasteiger partial charge in [-0.1, -0.05) is 24.3 Å². The lowest BCUT2D eigenvalue weighted by Gasteiger charge is -2.08. The third kappa shape index (κ3) is 2.75. The molecule has 0 unspecified atom stereocenters. The number of pyridine rings is 1. The molecule has 1 aromatic carbocycles. The number of methoxy groups -OCH3 is 1. The van der Waals surface area contributed by atoms with Crippen molar-refractivity contribution in [2.75, 3.05) is 19.5 Å². The molecule has 88 valence electrons. The number of para-hydroxylation sites is 1. The Labute approximate surface area is 101 Å². The Morgan fingerprint density at radius 2 is 2.00 bits per heavy atom. The van der Waals surface area contributed by atoms with E-state index in [1.807, 2.05) is 37.5 Å². The molecule has 1 aromatic heterocycles. The molecule has 0 atom stereocenters. The number of nitrogens with zero attached hydrogens (tertiary/aromatic N) is 1. The molecular weight excluding hydrogens is 212 g/mol. The number of hydrogen-bond acceptors (Lipinski definition) is 3. The lowest BCUT2D eigenvalue weighted by atomic mass is 10.1. The van der Waals surface area contributed by atoms with Gasteiger partial charge < -0.3 is 10.1 Å². The Bertz CT molecular complexity index is 480. The average Bonchev–Trinajstić information content (AvgIpc) is 2.40. The van der Waals surface area contributed by atoms with E-state index in [1.54, 1.807) is 7.11 Å². The van der Waals surface area contributed by atoms with Crippen molar-refractivity contribution < 1.29 is 4.74 Å². The Morgan fingerprint density at radius 3 is 2.65 bits per heavy atom. The second-order valence-corrected chi connectivity index (χ2v) is 3.79. The molecule has 0 aliphatic rings. The van der Waals surface area contributed by atoms with E-state index in [1.165, 1.54) is 11.1 Å². The van der Waals surface area contributed by atoms with Gasteiger partial charge in [-0.15, -0.1) is 0 Å². The molecule has 0 amide bonds. The normalized spacial score (nSPS) is 10.0. The second-order valence-electron chi connectivity index (χ2n) is 3.79. The fraction of sp³-hybridized carbons (Fsp3) is 0.214. The summed E-state index contributed by atoms with van der Waals surface area (Å²) in [6.07, 6.45) is 2.72. The second kappa shape index (κ2) is 5.34. The van der Waals surface area contributed by atoms with Crippen LogP contribution in [0.5, 0.6) is 5.75 Å². The Balaban J connectivity index is 2.19. The Morgan fingerprint density at radius 1 is 1.18 bits per heavy atom. The van der Waals surface area contributed by atoms with Crippen molar-refractivity contribution in [3.63, 3.8) is 0 Å². The predicted molar refractivity (Wildman–Crippen MR) is 69.6 cm³/mol. The Hall–Kier alpha value is -2.03. The van der Waals surface area contributed by atoms with Crippen molar-refractivity contribution in [3.05, 3.63) is 53.7 Å². The van der Waals surface area contributed by atoms with Crippen molar-refractivity contribution >= 4 is 5.82 Å². The molecule has 2 rings (SSSR count). The molecule has 0 fully saturated rings. The maximum atomic E-state index is 5.33. The van der Waals surface area contributed by atoms with Crippen LogP contribution < -0.4 is 10.1 Å². The zero-order valence-corrected chi connectivity index (χ0v) is 10.1. The monoisotopic (exact) mass is 228 g/mol. The lowest BCUT2D eigenvalue weighted by molar-refractivity contribution is 0.410. The molecule has 0 saturated heterocycles. The highest BCUT2D eigenvalue weighted by molar-refractivity contribution is 5.39. The molecule has 1 heterocycles. The van der Waals surface area contributed by atoms with Crippen LogP contribution in [0.2, 0.25) is 0 Å². The van der Waals surface area contributed by atoms with E-state index in [0.717, 1.165) is 18.0 Å². The first kappa shape index (κ1) is 11.5. The first-order chi connectivity index (χ1) is 8.33. The number of anilines is 1. The predicted octanol–water partition coefficient (Wildman–Crippen LogP) is 2.72. The van der Waals surface area contributed by atoms with Crippen molar-refractivity contribution in [1.82, 2.24) is 4.98 Å². The van der Waals surface area contributed by atoms with Gasteiger partial charge in [0.15, 0.2) is 0 Å². The van der Waals surface area contributed by atoms with Crippen LogP contribution in [-0.4, -0.2) is 19.1 Å². The van der Waals surface area contributed by atoms with Crippen molar-refractivity contribution in [2.24, 2.45) is 0 Å². The maximum Gasteiger partial charge on any atom is 0.125 e. The number of rotatable bonds is 4. The van der Waals surface area contributed by atoms with E-state index in [4.69, 9.17) is 4.74 Å². The summed E-state index contributed by atoms with van der Waals surface area (Å²) in [7, 11) is 3.56. The summed E-state index contributed by atoms with van der Waals surface area (Å²) in [5.74, 6) is 1.80. The fourth-order valence-electron chi connectivity index (χ4n) is 1.75. The number of ether oxygens (including phenoxy) is 1. The van der Waals surface area contributed by atoms with Gasteiger partial charge in [0.1, 0.15) is 11.6 Å². The summed E-state index contributed by atoms with van der Waals surface area (Å²) in [6.45, 7) is 0. The van der Waals surface area contributed by atoms with E-state index in [2.05, 4.69) is 22.4 Å². The van der Waals surface area contributed by atoms with Crippen molar-refractivity contribution in [1.29, 1.82) is 0 Å². The van der Waals surface area contributed by atoms with Gasteiger partial charge in [-0.25, -0.2) is 4.98 Å². The first-order valence-corrected chi connectivity index (χ1v) is 5.58. The van der Waals surface area contributed by atoms with E-state index in [0.29, 0.717) is 0 Å².